The van der Waals surface area contributed by atoms with Gasteiger partial charge in [0, 0.05) is 44.9 Å². The van der Waals surface area contributed by atoms with Crippen molar-refractivity contribution >= 4 is 21.7 Å². The molecule has 11 heteroatoms. The van der Waals surface area contributed by atoms with Gasteiger partial charge in [-0.1, -0.05) is 6.07 Å². The van der Waals surface area contributed by atoms with E-state index in [1.165, 1.54) is 22.5 Å². The first kappa shape index (κ1) is 20.5. The number of hydrogen-bond donors (Lipinski definition) is 1. The largest absolute Gasteiger partial charge is 0.376 e. The molecule has 2 aliphatic rings. The van der Waals surface area contributed by atoms with Crippen molar-refractivity contribution < 1.29 is 22.9 Å². The van der Waals surface area contributed by atoms with E-state index in [-0.39, 0.29) is 54.9 Å². The van der Waals surface area contributed by atoms with Gasteiger partial charge in [0.05, 0.1) is 22.0 Å². The Bertz CT molecular complexity index is 832. The van der Waals surface area contributed by atoms with E-state index in [9.17, 15) is 23.3 Å². The molecule has 2 fully saturated rings. The number of amides is 2. The van der Waals surface area contributed by atoms with Crippen molar-refractivity contribution in [1.82, 2.24) is 14.5 Å². The molecule has 2 amide bonds. The molecule has 2 aliphatic heterocycles. The molecule has 0 aliphatic carbocycles. The Morgan fingerprint density at radius 3 is 2.64 bits per heavy atom. The number of urea groups is 1. The summed E-state index contributed by atoms with van der Waals surface area (Å²) in [6.07, 6.45) is 1.91. The number of carbonyl (C=O) groups is 1. The van der Waals surface area contributed by atoms with Gasteiger partial charge in [0.2, 0.25) is 10.0 Å². The number of nitro groups is 1. The first-order valence-electron chi connectivity index (χ1n) is 9.20. The van der Waals surface area contributed by atoms with Crippen molar-refractivity contribution in [1.29, 1.82) is 0 Å². The van der Waals surface area contributed by atoms with Gasteiger partial charge in [0.25, 0.3) is 5.69 Å². The summed E-state index contributed by atoms with van der Waals surface area (Å²) in [6, 6.07) is 4.64. The van der Waals surface area contributed by atoms with Crippen molar-refractivity contribution in [2.75, 3.05) is 32.8 Å². The lowest BCUT2D eigenvalue weighted by Crippen LogP contribution is -2.55. The normalized spacial score (nSPS) is 22.0. The Hall–Kier alpha value is -2.24. The van der Waals surface area contributed by atoms with Crippen molar-refractivity contribution in [3.8, 4) is 0 Å². The molecule has 154 valence electrons. The number of piperazine rings is 1. The number of sulfonamides is 1. The minimum atomic E-state index is -3.85. The van der Waals surface area contributed by atoms with Gasteiger partial charge in [0.15, 0.2) is 0 Å². The lowest BCUT2D eigenvalue weighted by atomic mass is 10.1. The zero-order valence-electron chi connectivity index (χ0n) is 15.6. The van der Waals surface area contributed by atoms with E-state index in [1.807, 2.05) is 6.92 Å². The second kappa shape index (κ2) is 8.41. The van der Waals surface area contributed by atoms with Gasteiger partial charge in [-0.25, -0.2) is 13.2 Å². The van der Waals surface area contributed by atoms with Crippen molar-refractivity contribution in [2.45, 2.75) is 36.8 Å². The molecule has 1 aromatic carbocycles. The third-order valence-corrected chi connectivity index (χ3v) is 6.96. The number of rotatable bonds is 5. The molecule has 2 saturated heterocycles. The Morgan fingerprint density at radius 1 is 1.32 bits per heavy atom. The van der Waals surface area contributed by atoms with Crippen LogP contribution >= 0.6 is 0 Å². The highest BCUT2D eigenvalue weighted by atomic mass is 32.2. The number of nitrogens with zero attached hydrogens (tertiary/aromatic N) is 3. The summed E-state index contributed by atoms with van der Waals surface area (Å²) >= 11 is 0. The quantitative estimate of drug-likeness (QED) is 0.572. The summed E-state index contributed by atoms with van der Waals surface area (Å²) < 4.78 is 32.3. The fourth-order valence-corrected chi connectivity index (χ4v) is 4.88. The second-order valence-corrected chi connectivity index (χ2v) is 8.87. The first-order valence-corrected chi connectivity index (χ1v) is 10.6. The standard InChI is InChI=1S/C17H24N4O6S/c1-13(16-6-3-11-27-16)18-17(22)19-7-9-20(10-8-19)28(25,26)15-5-2-4-14(12-15)21(23)24/h2,4-5,12-13,16H,3,6-11H2,1H3,(H,18,22). The van der Waals surface area contributed by atoms with Crippen LogP contribution in [0.1, 0.15) is 19.8 Å². The summed E-state index contributed by atoms with van der Waals surface area (Å²) in [5, 5.41) is 13.8. The van der Waals surface area contributed by atoms with Crippen molar-refractivity contribution in [2.24, 2.45) is 0 Å². The second-order valence-electron chi connectivity index (χ2n) is 6.94. The third-order valence-electron chi connectivity index (χ3n) is 5.07. The molecular weight excluding hydrogens is 388 g/mol. The van der Waals surface area contributed by atoms with E-state index in [0.29, 0.717) is 6.61 Å². The highest BCUT2D eigenvalue weighted by molar-refractivity contribution is 7.89. The van der Waals surface area contributed by atoms with Gasteiger partial charge in [-0.3, -0.25) is 10.1 Å². The lowest BCUT2D eigenvalue weighted by Gasteiger charge is -2.35. The Labute approximate surface area is 163 Å². The Morgan fingerprint density at radius 2 is 2.04 bits per heavy atom. The topological polar surface area (TPSA) is 122 Å². The average molecular weight is 412 g/mol. The minimum Gasteiger partial charge on any atom is -0.376 e. The minimum absolute atomic E-state index is 0.0134. The molecule has 2 atom stereocenters. The molecule has 0 aromatic heterocycles. The monoisotopic (exact) mass is 412 g/mol. The zero-order chi connectivity index (χ0) is 20.3. The van der Waals surface area contributed by atoms with Crippen LogP contribution in [0.3, 0.4) is 0 Å². The van der Waals surface area contributed by atoms with Crippen LogP contribution in [0.2, 0.25) is 0 Å². The SMILES string of the molecule is CC(NC(=O)N1CCN(S(=O)(=O)c2cccc([N+](=O)[O-])c2)CC1)C1CCCO1. The van der Waals surface area contributed by atoms with Crippen LogP contribution in [0.4, 0.5) is 10.5 Å². The molecule has 0 bridgehead atoms. The number of carbonyl (C=O) groups excluding carboxylic acids is 1. The fraction of sp³-hybridized carbons (Fsp3) is 0.588. The number of benzene rings is 1. The predicted molar refractivity (Wildman–Crippen MR) is 100 cm³/mol. The summed E-state index contributed by atoms with van der Waals surface area (Å²) in [7, 11) is -3.85. The van der Waals surface area contributed by atoms with Gasteiger partial charge >= 0.3 is 6.03 Å². The smallest absolute Gasteiger partial charge is 0.317 e. The van der Waals surface area contributed by atoms with Crippen LogP contribution in [0, 0.1) is 10.1 Å². The predicted octanol–water partition coefficient (Wildman–Crippen LogP) is 1.18. The van der Waals surface area contributed by atoms with Gasteiger partial charge in [-0.05, 0) is 25.8 Å². The van der Waals surface area contributed by atoms with E-state index >= 15 is 0 Å². The van der Waals surface area contributed by atoms with Crippen molar-refractivity contribution in [3.63, 3.8) is 0 Å². The van der Waals surface area contributed by atoms with Crippen molar-refractivity contribution in [3.05, 3.63) is 34.4 Å². The molecule has 0 radical (unpaired) electrons. The maximum absolute atomic E-state index is 12.8. The summed E-state index contributed by atoms with van der Waals surface area (Å²) in [6.45, 7) is 3.37. The molecule has 2 heterocycles. The molecule has 10 nitrogen and oxygen atoms in total. The van der Waals surface area contributed by atoms with Crippen LogP contribution in [-0.4, -0.2) is 73.5 Å². The summed E-state index contributed by atoms with van der Waals surface area (Å²) in [5.74, 6) is 0. The van der Waals surface area contributed by atoms with Gasteiger partial charge in [-0.2, -0.15) is 4.31 Å². The average Bonchev–Trinajstić information content (AvgIpc) is 3.23. The highest BCUT2D eigenvalue weighted by Crippen LogP contribution is 2.22. The van der Waals surface area contributed by atoms with Gasteiger partial charge in [0.1, 0.15) is 0 Å². The van der Waals surface area contributed by atoms with E-state index < -0.39 is 14.9 Å². The molecule has 0 spiro atoms. The fourth-order valence-electron chi connectivity index (χ4n) is 3.41. The molecule has 2 unspecified atom stereocenters. The molecule has 1 aromatic rings. The number of hydrogen-bond acceptors (Lipinski definition) is 6. The van der Waals surface area contributed by atoms with Crippen LogP contribution in [0.25, 0.3) is 0 Å². The number of ether oxygens (including phenoxy) is 1. The van der Waals surface area contributed by atoms with E-state index in [1.54, 1.807) is 4.90 Å². The number of nitrogens with one attached hydrogen (secondary N) is 1. The van der Waals surface area contributed by atoms with E-state index in [2.05, 4.69) is 5.32 Å². The molecule has 0 saturated carbocycles. The van der Waals surface area contributed by atoms with E-state index in [4.69, 9.17) is 4.74 Å². The lowest BCUT2D eigenvalue weighted by molar-refractivity contribution is -0.385. The van der Waals surface area contributed by atoms with Crippen LogP contribution in [-0.2, 0) is 14.8 Å². The zero-order valence-corrected chi connectivity index (χ0v) is 16.4. The first-order chi connectivity index (χ1) is 13.3. The molecule has 3 rings (SSSR count). The van der Waals surface area contributed by atoms with Gasteiger partial charge in [-0.15, -0.1) is 0 Å². The summed E-state index contributed by atoms with van der Waals surface area (Å²) in [4.78, 5) is 24.1. The maximum atomic E-state index is 12.8. The van der Waals surface area contributed by atoms with Crippen LogP contribution in [0.15, 0.2) is 29.2 Å². The maximum Gasteiger partial charge on any atom is 0.317 e. The summed E-state index contributed by atoms with van der Waals surface area (Å²) in [5.41, 5.74) is -0.276. The highest BCUT2D eigenvalue weighted by Gasteiger charge is 2.32. The number of nitro benzene ring substituents is 1. The van der Waals surface area contributed by atoms with Crippen LogP contribution in [0.5, 0.6) is 0 Å². The van der Waals surface area contributed by atoms with Crippen LogP contribution < -0.4 is 5.32 Å². The van der Waals surface area contributed by atoms with Gasteiger partial charge < -0.3 is 15.0 Å². The Kier molecular flexibility index (Phi) is 6.16. The van der Waals surface area contributed by atoms with E-state index in [0.717, 1.165) is 18.9 Å². The molecule has 28 heavy (non-hydrogen) atoms. The number of non-ortho nitro benzene ring substituents is 1. The third kappa shape index (κ3) is 4.42. The molecule has 1 N–H and O–H groups in total. The Balaban J connectivity index is 1.59. The molecular formula is C17H24N4O6S.